The lowest BCUT2D eigenvalue weighted by Gasteiger charge is -2.22. The van der Waals surface area contributed by atoms with Gasteiger partial charge in [0, 0.05) is 13.1 Å². The van der Waals surface area contributed by atoms with Crippen LogP contribution in [0.5, 0.6) is 0 Å². The molecule has 118 valence electrons. The number of aliphatic carboxylic acids is 1. The number of hydrogen-bond donors (Lipinski definition) is 1. The molecular weight excluding hydrogens is 281 g/mol. The number of carbonyl (C=O) groups is 2. The van der Waals surface area contributed by atoms with Crippen LogP contribution in [0.4, 0.5) is 13.2 Å². The lowest BCUT2D eigenvalue weighted by Crippen LogP contribution is -2.40. The summed E-state index contributed by atoms with van der Waals surface area (Å²) in [6.45, 7) is -1.64. The predicted molar refractivity (Wildman–Crippen MR) is 64.3 cm³/mol. The summed E-state index contributed by atoms with van der Waals surface area (Å²) in [5, 5.41) is 8.69. The zero-order valence-electron chi connectivity index (χ0n) is 11.4. The Morgan fingerprint density at radius 3 is 2.25 bits per heavy atom. The zero-order chi connectivity index (χ0) is 15.8. The number of ether oxygens (including phenoxy) is 1. The molecule has 0 spiro atoms. The average molecular weight is 300 g/mol. The largest absolute Gasteiger partial charge is 0.480 e. The van der Waals surface area contributed by atoms with Gasteiger partial charge in [-0.2, -0.15) is 13.2 Å². The molecule has 0 radical (unpaired) electrons. The minimum atomic E-state index is -4.44. The number of carboxylic acids is 1. The van der Waals surface area contributed by atoms with E-state index in [1.165, 1.54) is 0 Å². The van der Waals surface area contributed by atoms with Gasteiger partial charge in [0.05, 0.1) is 13.0 Å². The maximum absolute atomic E-state index is 11.8. The summed E-state index contributed by atoms with van der Waals surface area (Å²) in [5.74, 6) is -1.72. The van der Waals surface area contributed by atoms with E-state index in [0.29, 0.717) is 6.54 Å². The minimum absolute atomic E-state index is 0.192. The number of alkyl halides is 3. The molecule has 6 nitrogen and oxygen atoms in total. The number of likely N-dealkylation sites (N-methyl/N-ethyl adjacent to an activating group) is 1. The number of hydrogen-bond acceptors (Lipinski definition) is 4. The normalized spacial score (nSPS) is 11.7. The Morgan fingerprint density at radius 1 is 1.20 bits per heavy atom. The SMILES string of the molecule is CN(C)CCN(CC(=O)O)C(=O)CCOCC(F)(F)F. The molecule has 0 aliphatic rings. The van der Waals surface area contributed by atoms with Gasteiger partial charge in [0.15, 0.2) is 0 Å². The van der Waals surface area contributed by atoms with E-state index in [0.717, 1.165) is 4.90 Å². The Hall–Kier alpha value is -1.35. The van der Waals surface area contributed by atoms with Crippen molar-refractivity contribution < 1.29 is 32.6 Å². The van der Waals surface area contributed by atoms with E-state index in [-0.39, 0.29) is 13.0 Å². The Labute approximate surface area is 115 Å². The lowest BCUT2D eigenvalue weighted by atomic mass is 10.3. The third-order valence-electron chi connectivity index (χ3n) is 2.22. The van der Waals surface area contributed by atoms with E-state index in [9.17, 15) is 22.8 Å². The molecule has 0 aromatic rings. The standard InChI is InChI=1S/C11H19F3N2O4/c1-15(2)4-5-16(7-10(18)19)9(17)3-6-20-8-11(12,13)14/h3-8H2,1-2H3,(H,18,19). The Kier molecular flexibility index (Phi) is 8.16. The van der Waals surface area contributed by atoms with Crippen LogP contribution in [0.2, 0.25) is 0 Å². The van der Waals surface area contributed by atoms with E-state index in [1.54, 1.807) is 19.0 Å². The first-order valence-electron chi connectivity index (χ1n) is 5.90. The molecule has 0 atom stereocenters. The fourth-order valence-electron chi connectivity index (χ4n) is 1.28. The van der Waals surface area contributed by atoms with Crippen LogP contribution < -0.4 is 0 Å². The average Bonchev–Trinajstić information content (AvgIpc) is 2.27. The molecule has 0 fully saturated rings. The van der Waals surface area contributed by atoms with E-state index < -0.39 is 37.8 Å². The molecule has 0 aromatic carbocycles. The fraction of sp³-hybridized carbons (Fsp3) is 0.818. The Bertz CT molecular complexity index is 321. The number of halogens is 3. The van der Waals surface area contributed by atoms with Crippen LogP contribution in [-0.2, 0) is 14.3 Å². The number of carbonyl (C=O) groups excluding carboxylic acids is 1. The van der Waals surface area contributed by atoms with Crippen molar-refractivity contribution in [2.45, 2.75) is 12.6 Å². The van der Waals surface area contributed by atoms with E-state index in [4.69, 9.17) is 5.11 Å². The summed E-state index contributed by atoms with van der Waals surface area (Å²) in [7, 11) is 3.52. The van der Waals surface area contributed by atoms with E-state index in [2.05, 4.69) is 4.74 Å². The lowest BCUT2D eigenvalue weighted by molar-refractivity contribution is -0.175. The second-order valence-electron chi connectivity index (χ2n) is 4.43. The molecule has 0 saturated carbocycles. The van der Waals surface area contributed by atoms with Crippen molar-refractivity contribution in [1.29, 1.82) is 0 Å². The number of carboxylic acid groups (broad SMARTS) is 1. The van der Waals surface area contributed by atoms with Gasteiger partial charge >= 0.3 is 12.1 Å². The fourth-order valence-corrected chi connectivity index (χ4v) is 1.28. The highest BCUT2D eigenvalue weighted by Crippen LogP contribution is 2.14. The third-order valence-corrected chi connectivity index (χ3v) is 2.22. The maximum Gasteiger partial charge on any atom is 0.411 e. The summed E-state index contributed by atoms with van der Waals surface area (Å²) in [5.41, 5.74) is 0. The molecule has 1 N–H and O–H groups in total. The second kappa shape index (κ2) is 8.75. The third kappa shape index (κ3) is 10.6. The Balaban J connectivity index is 4.16. The smallest absolute Gasteiger partial charge is 0.411 e. The van der Waals surface area contributed by atoms with Crippen LogP contribution >= 0.6 is 0 Å². The zero-order valence-corrected chi connectivity index (χ0v) is 11.4. The molecule has 0 rings (SSSR count). The van der Waals surface area contributed by atoms with Gasteiger partial charge in [-0.3, -0.25) is 9.59 Å². The van der Waals surface area contributed by atoms with Crippen LogP contribution in [0.1, 0.15) is 6.42 Å². The summed E-state index contributed by atoms with van der Waals surface area (Å²) in [6.07, 6.45) is -4.72. The number of rotatable bonds is 9. The van der Waals surface area contributed by atoms with Gasteiger partial charge in [0.2, 0.25) is 5.91 Å². The van der Waals surface area contributed by atoms with Gasteiger partial charge in [-0.25, -0.2) is 0 Å². The molecule has 0 aliphatic carbocycles. The van der Waals surface area contributed by atoms with Crippen molar-refractivity contribution in [3.8, 4) is 0 Å². The van der Waals surface area contributed by atoms with Gasteiger partial charge in [-0.15, -0.1) is 0 Å². The van der Waals surface area contributed by atoms with Gasteiger partial charge in [0.25, 0.3) is 0 Å². The van der Waals surface area contributed by atoms with Crippen molar-refractivity contribution in [3.05, 3.63) is 0 Å². The molecule has 0 heterocycles. The van der Waals surface area contributed by atoms with Crippen LogP contribution in [0.15, 0.2) is 0 Å². The van der Waals surface area contributed by atoms with Crippen molar-refractivity contribution in [1.82, 2.24) is 9.80 Å². The first-order valence-corrected chi connectivity index (χ1v) is 5.90. The molecular formula is C11H19F3N2O4. The molecule has 20 heavy (non-hydrogen) atoms. The maximum atomic E-state index is 11.8. The summed E-state index contributed by atoms with van der Waals surface area (Å²) >= 11 is 0. The van der Waals surface area contributed by atoms with E-state index >= 15 is 0 Å². The molecule has 1 amide bonds. The summed E-state index contributed by atoms with van der Waals surface area (Å²) in [4.78, 5) is 25.2. The molecule has 0 aliphatic heterocycles. The summed E-state index contributed by atoms with van der Waals surface area (Å²) in [6, 6.07) is 0. The molecule has 0 unspecified atom stereocenters. The van der Waals surface area contributed by atoms with Crippen molar-refractivity contribution >= 4 is 11.9 Å². The first-order chi connectivity index (χ1) is 9.11. The highest BCUT2D eigenvalue weighted by Gasteiger charge is 2.27. The molecule has 0 saturated heterocycles. The predicted octanol–water partition coefficient (Wildman–Crippen LogP) is 0.430. The first kappa shape index (κ1) is 18.7. The van der Waals surface area contributed by atoms with Crippen molar-refractivity contribution in [3.63, 3.8) is 0 Å². The van der Waals surface area contributed by atoms with Gasteiger partial charge < -0.3 is 19.6 Å². The van der Waals surface area contributed by atoms with Gasteiger partial charge in [0.1, 0.15) is 13.2 Å². The minimum Gasteiger partial charge on any atom is -0.480 e. The Morgan fingerprint density at radius 2 is 1.80 bits per heavy atom. The number of amides is 1. The quantitative estimate of drug-likeness (QED) is 0.625. The second-order valence-corrected chi connectivity index (χ2v) is 4.43. The highest BCUT2D eigenvalue weighted by molar-refractivity contribution is 5.81. The molecule has 0 bridgehead atoms. The van der Waals surface area contributed by atoms with E-state index in [1.807, 2.05) is 0 Å². The summed E-state index contributed by atoms with van der Waals surface area (Å²) < 4.78 is 39.8. The molecule has 9 heteroatoms. The topological polar surface area (TPSA) is 70.1 Å². The van der Waals surface area contributed by atoms with Crippen molar-refractivity contribution in [2.24, 2.45) is 0 Å². The van der Waals surface area contributed by atoms with Crippen LogP contribution in [0.25, 0.3) is 0 Å². The van der Waals surface area contributed by atoms with Gasteiger partial charge in [-0.1, -0.05) is 0 Å². The highest BCUT2D eigenvalue weighted by atomic mass is 19.4. The van der Waals surface area contributed by atoms with Crippen LogP contribution in [-0.4, -0.2) is 79.9 Å². The monoisotopic (exact) mass is 300 g/mol. The van der Waals surface area contributed by atoms with Crippen molar-refractivity contribution in [2.75, 3.05) is 46.9 Å². The number of nitrogens with zero attached hydrogens (tertiary/aromatic N) is 2. The van der Waals surface area contributed by atoms with Gasteiger partial charge in [-0.05, 0) is 14.1 Å². The van der Waals surface area contributed by atoms with Crippen LogP contribution in [0.3, 0.4) is 0 Å². The molecule has 0 aromatic heterocycles. The van der Waals surface area contributed by atoms with Crippen LogP contribution in [0, 0.1) is 0 Å².